The molecule has 0 aliphatic rings. The predicted molar refractivity (Wildman–Crippen MR) is 232 cm³/mol. The number of aliphatic hydroxyl groups is 3. The molecule has 0 heterocycles. The van der Waals surface area contributed by atoms with Gasteiger partial charge < -0.3 is 20.6 Å². The molecule has 0 radical (unpaired) electrons. The lowest BCUT2D eigenvalue weighted by Crippen LogP contribution is -2.48. The lowest BCUT2D eigenvalue weighted by atomic mass is 10.0. The Labute approximate surface area is 331 Å². The summed E-state index contributed by atoms with van der Waals surface area (Å²) in [7, 11) is 0. The summed E-state index contributed by atoms with van der Waals surface area (Å²) in [6.45, 7) is 4.19. The van der Waals surface area contributed by atoms with Crippen LogP contribution in [-0.2, 0) is 4.79 Å². The lowest BCUT2D eigenvalue weighted by Gasteiger charge is -2.21. The topological polar surface area (TPSA) is 89.8 Å². The molecule has 53 heavy (non-hydrogen) atoms. The van der Waals surface area contributed by atoms with Crippen molar-refractivity contribution < 1.29 is 20.1 Å². The van der Waals surface area contributed by atoms with E-state index in [1.807, 2.05) is 6.08 Å². The molecule has 0 bridgehead atoms. The SMILES string of the molecule is CCCCCCCCCCCC/C=C/C(O)C(CO)NC(=O)C(O)CCCCCCCCCCCCCCCCCCCCCCCCCCCCC. The molecule has 0 aromatic rings. The molecule has 5 heteroatoms. The van der Waals surface area contributed by atoms with Crippen LogP contribution in [0.25, 0.3) is 0 Å². The van der Waals surface area contributed by atoms with Crippen LogP contribution in [0.5, 0.6) is 0 Å². The molecule has 3 atom stereocenters. The maximum Gasteiger partial charge on any atom is 0.249 e. The maximum absolute atomic E-state index is 12.5. The number of allylic oxidation sites excluding steroid dienone is 1. The van der Waals surface area contributed by atoms with E-state index in [-0.39, 0.29) is 6.61 Å². The van der Waals surface area contributed by atoms with Crippen molar-refractivity contribution in [2.45, 2.75) is 283 Å². The highest BCUT2D eigenvalue weighted by Gasteiger charge is 2.22. The van der Waals surface area contributed by atoms with Crippen molar-refractivity contribution in [1.29, 1.82) is 0 Å². The average Bonchev–Trinajstić information content (AvgIpc) is 3.16. The summed E-state index contributed by atoms with van der Waals surface area (Å²) in [5.74, 6) is -0.499. The number of rotatable bonds is 44. The third-order valence-corrected chi connectivity index (χ3v) is 11.4. The van der Waals surface area contributed by atoms with E-state index >= 15 is 0 Å². The van der Waals surface area contributed by atoms with Crippen molar-refractivity contribution in [3.63, 3.8) is 0 Å². The van der Waals surface area contributed by atoms with E-state index in [0.717, 1.165) is 32.1 Å². The number of hydrogen-bond acceptors (Lipinski definition) is 4. The van der Waals surface area contributed by atoms with Gasteiger partial charge in [-0.25, -0.2) is 0 Å². The number of hydrogen-bond donors (Lipinski definition) is 4. The van der Waals surface area contributed by atoms with E-state index in [1.165, 1.54) is 212 Å². The van der Waals surface area contributed by atoms with Crippen molar-refractivity contribution in [2.75, 3.05) is 6.61 Å². The lowest BCUT2D eigenvalue weighted by molar-refractivity contribution is -0.131. The van der Waals surface area contributed by atoms with Crippen LogP contribution in [0.1, 0.15) is 264 Å². The van der Waals surface area contributed by atoms with Crippen molar-refractivity contribution in [1.82, 2.24) is 5.32 Å². The van der Waals surface area contributed by atoms with Gasteiger partial charge in [-0.2, -0.15) is 0 Å². The predicted octanol–water partition coefficient (Wildman–Crippen LogP) is 14.0. The van der Waals surface area contributed by atoms with Gasteiger partial charge in [0.1, 0.15) is 6.10 Å². The zero-order chi connectivity index (χ0) is 38.7. The van der Waals surface area contributed by atoms with Gasteiger partial charge in [-0.3, -0.25) is 4.79 Å². The van der Waals surface area contributed by atoms with Gasteiger partial charge in [0.25, 0.3) is 0 Å². The van der Waals surface area contributed by atoms with Gasteiger partial charge in [-0.05, 0) is 19.3 Å². The van der Waals surface area contributed by atoms with Crippen molar-refractivity contribution in [2.24, 2.45) is 0 Å². The molecule has 316 valence electrons. The largest absolute Gasteiger partial charge is 0.394 e. The number of nitrogens with one attached hydrogen (secondary N) is 1. The molecule has 0 rings (SSSR count). The van der Waals surface area contributed by atoms with Crippen molar-refractivity contribution in [3.05, 3.63) is 12.2 Å². The molecular weight excluding hydrogens is 655 g/mol. The summed E-state index contributed by atoms with van der Waals surface area (Å²) >= 11 is 0. The molecule has 0 saturated carbocycles. The second-order valence-electron chi connectivity index (χ2n) is 16.7. The zero-order valence-corrected chi connectivity index (χ0v) is 35.9. The standard InChI is InChI=1S/C48H95NO4/c1-3-5-7-9-11-13-15-17-18-19-20-21-22-23-24-25-26-27-28-29-30-31-33-35-37-39-41-43-47(52)48(53)49-45(44-50)46(51)42-40-38-36-34-32-16-14-12-10-8-6-4-2/h40,42,45-47,50-52H,3-39,41,43-44H2,1-2H3,(H,49,53)/b42-40+. The first kappa shape index (κ1) is 52.1. The highest BCUT2D eigenvalue weighted by molar-refractivity contribution is 5.80. The number of unbranched alkanes of at least 4 members (excludes halogenated alkanes) is 36. The third-order valence-electron chi connectivity index (χ3n) is 11.4. The molecule has 0 aromatic carbocycles. The first-order valence-corrected chi connectivity index (χ1v) is 24.0. The summed E-state index contributed by atoms with van der Waals surface area (Å²) in [4.78, 5) is 12.5. The molecule has 1 amide bonds. The first-order valence-electron chi connectivity index (χ1n) is 24.0. The van der Waals surface area contributed by atoms with Gasteiger partial charge in [0.15, 0.2) is 0 Å². The molecule has 0 aliphatic heterocycles. The fourth-order valence-electron chi connectivity index (χ4n) is 7.60. The Hall–Kier alpha value is -0.910. The minimum atomic E-state index is -1.09. The van der Waals surface area contributed by atoms with E-state index in [4.69, 9.17) is 0 Å². The van der Waals surface area contributed by atoms with Crippen molar-refractivity contribution in [3.8, 4) is 0 Å². The van der Waals surface area contributed by atoms with Crippen LogP contribution in [0.15, 0.2) is 12.2 Å². The average molecular weight is 750 g/mol. The van der Waals surface area contributed by atoms with Crippen LogP contribution in [0, 0.1) is 0 Å². The minimum absolute atomic E-state index is 0.359. The molecule has 5 nitrogen and oxygen atoms in total. The molecule has 0 aromatic heterocycles. The van der Waals surface area contributed by atoms with Gasteiger partial charge in [-0.15, -0.1) is 0 Å². The van der Waals surface area contributed by atoms with Gasteiger partial charge in [0.2, 0.25) is 5.91 Å². The summed E-state index contributed by atoms with van der Waals surface area (Å²) in [5, 5.41) is 33.1. The van der Waals surface area contributed by atoms with Gasteiger partial charge in [0, 0.05) is 0 Å². The molecule has 0 aliphatic carbocycles. The van der Waals surface area contributed by atoms with Crippen LogP contribution in [0.3, 0.4) is 0 Å². The van der Waals surface area contributed by atoms with Crippen molar-refractivity contribution >= 4 is 5.91 Å². The van der Waals surface area contributed by atoms with E-state index < -0.39 is 24.2 Å². The van der Waals surface area contributed by atoms with E-state index in [9.17, 15) is 20.1 Å². The van der Waals surface area contributed by atoms with E-state index in [1.54, 1.807) is 6.08 Å². The fourth-order valence-corrected chi connectivity index (χ4v) is 7.60. The molecule has 0 saturated heterocycles. The fraction of sp³-hybridized carbons (Fsp3) is 0.938. The molecule has 3 unspecified atom stereocenters. The van der Waals surface area contributed by atoms with Gasteiger partial charge >= 0.3 is 0 Å². The van der Waals surface area contributed by atoms with Crippen LogP contribution in [-0.4, -0.2) is 46.1 Å². The Morgan fingerprint density at radius 3 is 1.04 bits per heavy atom. The number of carbonyl (C=O) groups is 1. The quantitative estimate of drug-likeness (QED) is 0.0369. The number of aliphatic hydroxyl groups excluding tert-OH is 3. The van der Waals surface area contributed by atoms with E-state index in [2.05, 4.69) is 19.2 Å². The summed E-state index contributed by atoms with van der Waals surface area (Å²) in [6.07, 6.45) is 52.7. The van der Waals surface area contributed by atoms with Crippen LogP contribution >= 0.6 is 0 Å². The highest BCUT2D eigenvalue weighted by atomic mass is 16.3. The minimum Gasteiger partial charge on any atom is -0.394 e. The number of carbonyl (C=O) groups excluding carboxylic acids is 1. The third kappa shape index (κ3) is 39.1. The summed E-state index contributed by atoms with van der Waals surface area (Å²) in [6, 6.07) is -0.792. The summed E-state index contributed by atoms with van der Waals surface area (Å²) in [5.41, 5.74) is 0. The second-order valence-corrected chi connectivity index (χ2v) is 16.7. The first-order chi connectivity index (χ1) is 26.1. The maximum atomic E-state index is 12.5. The molecule has 0 spiro atoms. The highest BCUT2D eigenvalue weighted by Crippen LogP contribution is 2.17. The Morgan fingerprint density at radius 2 is 0.736 bits per heavy atom. The Balaban J connectivity index is 3.52. The Bertz CT molecular complexity index is 743. The normalized spacial score (nSPS) is 13.5. The van der Waals surface area contributed by atoms with Crippen LogP contribution in [0.2, 0.25) is 0 Å². The Morgan fingerprint density at radius 1 is 0.453 bits per heavy atom. The second kappa shape index (κ2) is 43.8. The molecule has 0 fully saturated rings. The number of amides is 1. The van der Waals surface area contributed by atoms with Gasteiger partial charge in [0.05, 0.1) is 18.8 Å². The monoisotopic (exact) mass is 750 g/mol. The zero-order valence-electron chi connectivity index (χ0n) is 35.9. The van der Waals surface area contributed by atoms with E-state index in [0.29, 0.717) is 6.42 Å². The van der Waals surface area contributed by atoms with Gasteiger partial charge in [-0.1, -0.05) is 257 Å². The molecular formula is C48H95NO4. The van der Waals surface area contributed by atoms with Crippen LogP contribution in [0.4, 0.5) is 0 Å². The van der Waals surface area contributed by atoms with Crippen LogP contribution < -0.4 is 5.32 Å². The Kier molecular flexibility index (Phi) is 43.1. The smallest absolute Gasteiger partial charge is 0.249 e. The summed E-state index contributed by atoms with van der Waals surface area (Å²) < 4.78 is 0. The molecule has 4 N–H and O–H groups in total.